The molecule has 2 aliphatic heterocycles. The van der Waals surface area contributed by atoms with Gasteiger partial charge in [0, 0.05) is 13.6 Å². The Morgan fingerprint density at radius 2 is 1.82 bits per heavy atom. The van der Waals surface area contributed by atoms with Crippen molar-refractivity contribution in [1.82, 2.24) is 25.8 Å². The quantitative estimate of drug-likeness (QED) is 0.332. The number of hydrogen-bond donors (Lipinski definition) is 4. The minimum atomic E-state index is -1.18. The van der Waals surface area contributed by atoms with Crippen LogP contribution in [0.25, 0.3) is 0 Å². The number of rotatable bonds is 10. The van der Waals surface area contributed by atoms with Crippen LogP contribution < -0.4 is 16.0 Å². The summed E-state index contributed by atoms with van der Waals surface area (Å²) in [6.45, 7) is 6.07. The van der Waals surface area contributed by atoms with Crippen molar-refractivity contribution >= 4 is 29.6 Å². The third-order valence-corrected chi connectivity index (χ3v) is 6.24. The van der Waals surface area contributed by atoms with E-state index in [2.05, 4.69) is 16.0 Å². The summed E-state index contributed by atoms with van der Waals surface area (Å²) in [6, 6.07) is -2.65. The lowest BCUT2D eigenvalue weighted by Gasteiger charge is -2.33. The number of likely N-dealkylation sites (tertiary alicyclic amines) is 1. The standard InChI is InChI=1S/C22H37N5O6/c1-13(2)11-16(19(30)24-12-18(28)29)25-20(31)17-8-6-10-27(17)21(32)14(3)26(4)22(33)15-7-5-9-23-15/h13-17,23H,5-12H2,1-4H3,(H,24,30)(H,25,31)(H,28,29)/t14-,15-,16-,17-/m0/s1. The monoisotopic (exact) mass is 467 g/mol. The largest absolute Gasteiger partial charge is 0.480 e. The molecule has 0 aromatic heterocycles. The lowest BCUT2D eigenvalue weighted by Crippen LogP contribution is -2.57. The Morgan fingerprint density at radius 1 is 1.12 bits per heavy atom. The van der Waals surface area contributed by atoms with Crippen molar-refractivity contribution < 1.29 is 29.1 Å². The SMILES string of the molecule is CC(C)C[C@H](NC(=O)[C@@H]1CCCN1C(=O)[C@H](C)N(C)C(=O)[C@@H]1CCCN1)C(=O)NCC(=O)O. The van der Waals surface area contributed by atoms with Gasteiger partial charge in [0.2, 0.25) is 23.6 Å². The first-order valence-electron chi connectivity index (χ1n) is 11.6. The highest BCUT2D eigenvalue weighted by atomic mass is 16.4. The van der Waals surface area contributed by atoms with Crippen molar-refractivity contribution in [3.05, 3.63) is 0 Å². The lowest BCUT2D eigenvalue weighted by molar-refractivity contribution is -0.147. The number of carboxylic acids is 1. The number of carboxylic acid groups (broad SMARTS) is 1. The number of aliphatic carboxylic acids is 1. The van der Waals surface area contributed by atoms with E-state index in [-0.39, 0.29) is 23.8 Å². The molecule has 4 amide bonds. The Kier molecular flexibility index (Phi) is 9.63. The molecule has 2 heterocycles. The molecule has 11 nitrogen and oxygen atoms in total. The zero-order valence-electron chi connectivity index (χ0n) is 19.9. The van der Waals surface area contributed by atoms with E-state index in [4.69, 9.17) is 5.11 Å². The van der Waals surface area contributed by atoms with Gasteiger partial charge in [-0.3, -0.25) is 24.0 Å². The third-order valence-electron chi connectivity index (χ3n) is 6.24. The third kappa shape index (κ3) is 7.15. The first kappa shape index (κ1) is 26.6. The van der Waals surface area contributed by atoms with Crippen LogP contribution in [0.3, 0.4) is 0 Å². The maximum absolute atomic E-state index is 13.2. The first-order chi connectivity index (χ1) is 15.5. The Hall–Kier alpha value is -2.69. The molecule has 0 saturated carbocycles. The highest BCUT2D eigenvalue weighted by molar-refractivity contribution is 5.95. The molecule has 2 saturated heterocycles. The van der Waals surface area contributed by atoms with Crippen LogP contribution in [0.1, 0.15) is 52.9 Å². The fourth-order valence-corrected chi connectivity index (χ4v) is 4.30. The summed E-state index contributed by atoms with van der Waals surface area (Å²) in [4.78, 5) is 65.0. The van der Waals surface area contributed by atoms with Gasteiger partial charge < -0.3 is 30.9 Å². The molecule has 0 bridgehead atoms. The van der Waals surface area contributed by atoms with Gasteiger partial charge in [-0.2, -0.15) is 0 Å². The van der Waals surface area contributed by atoms with Crippen LogP contribution in [0.5, 0.6) is 0 Å². The van der Waals surface area contributed by atoms with E-state index in [1.807, 2.05) is 13.8 Å². The zero-order chi connectivity index (χ0) is 24.7. The average molecular weight is 468 g/mol. The van der Waals surface area contributed by atoms with Crippen molar-refractivity contribution in [2.24, 2.45) is 5.92 Å². The first-order valence-corrected chi connectivity index (χ1v) is 11.6. The number of likely N-dealkylation sites (N-methyl/N-ethyl adjacent to an activating group) is 1. The summed E-state index contributed by atoms with van der Waals surface area (Å²) in [7, 11) is 1.60. The van der Waals surface area contributed by atoms with Crippen molar-refractivity contribution in [3.8, 4) is 0 Å². The van der Waals surface area contributed by atoms with E-state index in [1.54, 1.807) is 14.0 Å². The summed E-state index contributed by atoms with van der Waals surface area (Å²) in [5, 5.41) is 17.0. The van der Waals surface area contributed by atoms with E-state index in [0.717, 1.165) is 19.4 Å². The Balaban J connectivity index is 2.04. The van der Waals surface area contributed by atoms with Gasteiger partial charge in [-0.25, -0.2) is 0 Å². The van der Waals surface area contributed by atoms with Crippen molar-refractivity contribution in [2.45, 2.75) is 77.0 Å². The van der Waals surface area contributed by atoms with E-state index >= 15 is 0 Å². The van der Waals surface area contributed by atoms with E-state index < -0.39 is 42.5 Å². The molecule has 186 valence electrons. The predicted octanol–water partition coefficient (Wildman–Crippen LogP) is -0.692. The molecule has 0 aromatic rings. The molecule has 33 heavy (non-hydrogen) atoms. The van der Waals surface area contributed by atoms with Crippen LogP contribution in [-0.4, -0.2) is 95.4 Å². The number of nitrogens with one attached hydrogen (secondary N) is 3. The summed E-state index contributed by atoms with van der Waals surface area (Å²) in [5.41, 5.74) is 0. The van der Waals surface area contributed by atoms with Crippen molar-refractivity contribution in [3.63, 3.8) is 0 Å². The molecule has 4 N–H and O–H groups in total. The minimum absolute atomic E-state index is 0.0797. The highest BCUT2D eigenvalue weighted by Gasteiger charge is 2.39. The predicted molar refractivity (Wildman–Crippen MR) is 120 cm³/mol. The normalized spacial score (nSPS) is 22.0. The van der Waals surface area contributed by atoms with E-state index in [9.17, 15) is 24.0 Å². The number of nitrogens with zero attached hydrogens (tertiary/aromatic N) is 2. The molecule has 11 heteroatoms. The number of hydrogen-bond acceptors (Lipinski definition) is 6. The van der Waals surface area contributed by atoms with Crippen LogP contribution in [0, 0.1) is 5.92 Å². The van der Waals surface area contributed by atoms with Gasteiger partial charge in [0.15, 0.2) is 0 Å². The Morgan fingerprint density at radius 3 is 2.39 bits per heavy atom. The highest BCUT2D eigenvalue weighted by Crippen LogP contribution is 2.21. The fraction of sp³-hybridized carbons (Fsp3) is 0.773. The van der Waals surface area contributed by atoms with Gasteiger partial charge in [0.25, 0.3) is 0 Å². The molecule has 0 unspecified atom stereocenters. The second-order valence-corrected chi connectivity index (χ2v) is 9.27. The topological polar surface area (TPSA) is 148 Å². The van der Waals surface area contributed by atoms with Gasteiger partial charge in [-0.05, 0) is 51.5 Å². The molecule has 0 aliphatic carbocycles. The molecule has 0 radical (unpaired) electrons. The number of carbonyl (C=O) groups excluding carboxylic acids is 4. The summed E-state index contributed by atoms with van der Waals surface area (Å²) >= 11 is 0. The second-order valence-electron chi connectivity index (χ2n) is 9.27. The smallest absolute Gasteiger partial charge is 0.322 e. The Labute approximate surface area is 194 Å². The van der Waals surface area contributed by atoms with E-state index in [1.165, 1.54) is 9.80 Å². The molecular formula is C22H37N5O6. The second kappa shape index (κ2) is 12.0. The minimum Gasteiger partial charge on any atom is -0.480 e. The zero-order valence-corrected chi connectivity index (χ0v) is 19.9. The van der Waals surface area contributed by atoms with Crippen LogP contribution in [0.4, 0.5) is 0 Å². The molecule has 2 rings (SSSR count). The summed E-state index contributed by atoms with van der Waals surface area (Å²) in [5.74, 6) is -2.56. The van der Waals surface area contributed by atoms with Gasteiger partial charge in [0.05, 0.1) is 6.04 Å². The Bertz CT molecular complexity index is 752. The van der Waals surface area contributed by atoms with Crippen molar-refractivity contribution in [1.29, 1.82) is 0 Å². The summed E-state index contributed by atoms with van der Waals surface area (Å²) in [6.07, 6.45) is 3.08. The maximum Gasteiger partial charge on any atom is 0.322 e. The van der Waals surface area contributed by atoms with Gasteiger partial charge in [-0.1, -0.05) is 13.8 Å². The van der Waals surface area contributed by atoms with Gasteiger partial charge >= 0.3 is 5.97 Å². The molecular weight excluding hydrogens is 430 g/mol. The van der Waals surface area contributed by atoms with Crippen LogP contribution in [0.2, 0.25) is 0 Å². The number of amides is 4. The molecule has 4 atom stereocenters. The molecule has 2 fully saturated rings. The van der Waals surface area contributed by atoms with Crippen molar-refractivity contribution in [2.75, 3.05) is 26.7 Å². The van der Waals surface area contributed by atoms with Gasteiger partial charge in [-0.15, -0.1) is 0 Å². The lowest BCUT2D eigenvalue weighted by atomic mass is 10.0. The maximum atomic E-state index is 13.2. The molecule has 2 aliphatic rings. The van der Waals surface area contributed by atoms with E-state index in [0.29, 0.717) is 25.8 Å². The number of carbonyl (C=O) groups is 5. The molecule has 0 aromatic carbocycles. The van der Waals surface area contributed by atoms with Crippen LogP contribution >= 0.6 is 0 Å². The fourth-order valence-electron chi connectivity index (χ4n) is 4.30. The van der Waals surface area contributed by atoms with Crippen LogP contribution in [0.15, 0.2) is 0 Å². The average Bonchev–Trinajstić information content (AvgIpc) is 3.46. The summed E-state index contributed by atoms with van der Waals surface area (Å²) < 4.78 is 0. The molecule has 0 spiro atoms. The van der Waals surface area contributed by atoms with Crippen LogP contribution in [-0.2, 0) is 24.0 Å². The van der Waals surface area contributed by atoms with Gasteiger partial charge in [0.1, 0.15) is 24.7 Å².